The zero-order valence-corrected chi connectivity index (χ0v) is 11.1. The van der Waals surface area contributed by atoms with E-state index in [1.807, 2.05) is 0 Å². The second-order valence-electron chi connectivity index (χ2n) is 2.01. The molecule has 0 aliphatic rings. The molecule has 5 heteroatoms. The van der Waals surface area contributed by atoms with Crippen molar-refractivity contribution in [2.45, 2.75) is 25.9 Å². The average molecular weight is 180 g/mol. The van der Waals surface area contributed by atoms with Crippen LogP contribution in [0.2, 0.25) is 12.1 Å². The molecule has 0 radical (unpaired) electrons. The van der Waals surface area contributed by atoms with Crippen LogP contribution in [0, 0.1) is 0 Å². The van der Waals surface area contributed by atoms with Crippen LogP contribution in [0.25, 0.3) is 0 Å². The van der Waals surface area contributed by atoms with Gasteiger partial charge in [-0.05, 0) is 12.1 Å². The van der Waals surface area contributed by atoms with Crippen LogP contribution in [0.3, 0.4) is 0 Å². The Balaban J connectivity index is 3.09. The molecule has 0 saturated carbocycles. The summed E-state index contributed by atoms with van der Waals surface area (Å²) in [5.41, 5.74) is 0. The second kappa shape index (κ2) is 6.69. The van der Waals surface area contributed by atoms with Crippen LogP contribution in [-0.2, 0) is 8.23 Å². The fraction of sp³-hybridized carbons (Fsp3) is 1.00. The SMILES string of the molecule is CC[SiH](CC)O[SiH2]O[SiH3]. The van der Waals surface area contributed by atoms with Gasteiger partial charge in [-0.3, -0.25) is 0 Å². The van der Waals surface area contributed by atoms with Crippen molar-refractivity contribution in [2.75, 3.05) is 0 Å². The van der Waals surface area contributed by atoms with Crippen molar-refractivity contribution in [3.05, 3.63) is 0 Å². The largest absolute Gasteiger partial charge is 0.449 e. The standard InChI is InChI=1S/C4H16O2Si3/c1-3-9(4-2)6-8-5-7/h9H,3-4,8H2,1-2,7H3. The molecule has 0 saturated heterocycles. The quantitative estimate of drug-likeness (QED) is 0.509. The van der Waals surface area contributed by atoms with Crippen molar-refractivity contribution in [3.8, 4) is 0 Å². The molecule has 0 aromatic carbocycles. The lowest BCUT2D eigenvalue weighted by Crippen LogP contribution is -2.19. The summed E-state index contributed by atoms with van der Waals surface area (Å²) >= 11 is 0. The lowest BCUT2D eigenvalue weighted by molar-refractivity contribution is 0.487. The Hall–Kier alpha value is 0.571. The summed E-state index contributed by atoms with van der Waals surface area (Å²) in [5, 5.41) is 0. The van der Waals surface area contributed by atoms with Crippen LogP contribution in [0.15, 0.2) is 0 Å². The van der Waals surface area contributed by atoms with E-state index in [-0.39, 0.29) is 0 Å². The van der Waals surface area contributed by atoms with E-state index in [0.717, 1.165) is 10.5 Å². The Kier molecular flexibility index (Phi) is 7.11. The van der Waals surface area contributed by atoms with Crippen molar-refractivity contribution in [2.24, 2.45) is 0 Å². The Morgan fingerprint density at radius 3 is 2.33 bits per heavy atom. The molecule has 56 valence electrons. The molecule has 0 aliphatic carbocycles. The van der Waals surface area contributed by atoms with Crippen LogP contribution >= 0.6 is 0 Å². The van der Waals surface area contributed by atoms with E-state index in [1.54, 1.807) is 0 Å². The summed E-state index contributed by atoms with van der Waals surface area (Å²) in [7, 11) is -0.417. The van der Waals surface area contributed by atoms with E-state index in [4.69, 9.17) is 8.23 Å². The van der Waals surface area contributed by atoms with Gasteiger partial charge in [-0.2, -0.15) is 0 Å². The first-order chi connectivity index (χ1) is 4.35. The van der Waals surface area contributed by atoms with Gasteiger partial charge in [-0.15, -0.1) is 0 Å². The summed E-state index contributed by atoms with van der Waals surface area (Å²) in [4.78, 5) is 0. The highest BCUT2D eigenvalue weighted by Crippen LogP contribution is 1.97. The third-order valence-corrected chi connectivity index (χ3v) is 6.53. The molecular weight excluding hydrogens is 164 g/mol. The van der Waals surface area contributed by atoms with Crippen molar-refractivity contribution in [1.29, 1.82) is 0 Å². The van der Waals surface area contributed by atoms with Gasteiger partial charge in [0.15, 0.2) is 9.04 Å². The minimum Gasteiger partial charge on any atom is -0.449 e. The molecule has 2 nitrogen and oxygen atoms in total. The van der Waals surface area contributed by atoms with Gasteiger partial charge in [-0.25, -0.2) is 0 Å². The molecule has 0 aromatic heterocycles. The number of hydrogen-bond donors (Lipinski definition) is 0. The Bertz CT molecular complexity index is 57.8. The number of hydrogen-bond acceptors (Lipinski definition) is 2. The normalized spacial score (nSPS) is 12.3. The van der Waals surface area contributed by atoms with Crippen LogP contribution in [0.1, 0.15) is 13.8 Å². The topological polar surface area (TPSA) is 18.5 Å². The average Bonchev–Trinajstić information content (AvgIpc) is 1.91. The van der Waals surface area contributed by atoms with Crippen LogP contribution in [0.5, 0.6) is 0 Å². The molecule has 0 spiro atoms. The van der Waals surface area contributed by atoms with Gasteiger partial charge in [0, 0.05) is 0 Å². The number of rotatable bonds is 5. The monoisotopic (exact) mass is 180 g/mol. The highest BCUT2D eigenvalue weighted by molar-refractivity contribution is 6.57. The Labute approximate surface area is 64.3 Å². The highest BCUT2D eigenvalue weighted by atomic mass is 28.4. The summed E-state index contributed by atoms with van der Waals surface area (Å²) in [6, 6.07) is 2.52. The van der Waals surface area contributed by atoms with Gasteiger partial charge in [-0.1, -0.05) is 13.8 Å². The molecule has 0 fully saturated rings. The molecule has 0 aromatic rings. The summed E-state index contributed by atoms with van der Waals surface area (Å²) in [6.45, 7) is 4.42. The fourth-order valence-electron chi connectivity index (χ4n) is 0.689. The van der Waals surface area contributed by atoms with E-state index in [9.17, 15) is 0 Å². The van der Waals surface area contributed by atoms with Crippen molar-refractivity contribution in [1.82, 2.24) is 0 Å². The molecular formula is C4H16O2Si3. The Morgan fingerprint density at radius 2 is 2.00 bits per heavy atom. The van der Waals surface area contributed by atoms with Gasteiger partial charge in [0.05, 0.1) is 0 Å². The van der Waals surface area contributed by atoms with Crippen LogP contribution in [0.4, 0.5) is 0 Å². The minimum absolute atomic E-state index is 0.524. The maximum atomic E-state index is 5.58. The van der Waals surface area contributed by atoms with Gasteiger partial charge in [0.2, 0.25) is 0 Å². The highest BCUT2D eigenvalue weighted by Gasteiger charge is 2.03. The third kappa shape index (κ3) is 5.04. The molecule has 9 heavy (non-hydrogen) atoms. The van der Waals surface area contributed by atoms with E-state index in [2.05, 4.69) is 13.8 Å². The maximum absolute atomic E-state index is 5.58. The van der Waals surface area contributed by atoms with Gasteiger partial charge < -0.3 is 8.23 Å². The van der Waals surface area contributed by atoms with E-state index < -0.39 is 19.0 Å². The Morgan fingerprint density at radius 1 is 1.44 bits per heavy atom. The molecule has 0 rings (SSSR count). The van der Waals surface area contributed by atoms with Gasteiger partial charge in [0.1, 0.15) is 10.5 Å². The molecule has 0 N–H and O–H groups in total. The summed E-state index contributed by atoms with van der Waals surface area (Å²) in [5.74, 6) is 0. The zero-order valence-electron chi connectivity index (χ0n) is 6.52. The van der Waals surface area contributed by atoms with Crippen molar-refractivity contribution < 1.29 is 8.23 Å². The first-order valence-electron chi connectivity index (χ1n) is 3.45. The second-order valence-corrected chi connectivity index (χ2v) is 8.77. The third-order valence-electron chi connectivity index (χ3n) is 1.33. The predicted octanol–water partition coefficient (Wildman–Crippen LogP) is -0.938. The first-order valence-corrected chi connectivity index (χ1v) is 7.53. The van der Waals surface area contributed by atoms with Gasteiger partial charge in [0.25, 0.3) is 10.0 Å². The molecule has 0 amide bonds. The summed E-state index contributed by atoms with van der Waals surface area (Å²) in [6.07, 6.45) is 0. The lowest BCUT2D eigenvalue weighted by atomic mass is 11.0. The van der Waals surface area contributed by atoms with Crippen molar-refractivity contribution in [3.63, 3.8) is 0 Å². The molecule has 0 heterocycles. The fourth-order valence-corrected chi connectivity index (χ4v) is 5.69. The smallest absolute Gasteiger partial charge is 0.283 e. The van der Waals surface area contributed by atoms with E-state index in [0.29, 0.717) is 0 Å². The molecule has 0 bridgehead atoms. The first kappa shape index (κ1) is 9.57. The maximum Gasteiger partial charge on any atom is 0.283 e. The van der Waals surface area contributed by atoms with E-state index in [1.165, 1.54) is 12.1 Å². The van der Waals surface area contributed by atoms with E-state index >= 15 is 0 Å². The molecule has 0 unspecified atom stereocenters. The predicted molar refractivity (Wildman–Crippen MR) is 48.8 cm³/mol. The molecule has 0 atom stereocenters. The van der Waals surface area contributed by atoms with Crippen LogP contribution in [-0.4, -0.2) is 29.5 Å². The zero-order chi connectivity index (χ0) is 7.11. The summed E-state index contributed by atoms with van der Waals surface area (Å²) < 4.78 is 10.6. The minimum atomic E-state index is -0.751. The van der Waals surface area contributed by atoms with Crippen molar-refractivity contribution >= 4 is 29.5 Å². The van der Waals surface area contributed by atoms with Gasteiger partial charge >= 0.3 is 0 Å². The molecule has 0 aliphatic heterocycles. The lowest BCUT2D eigenvalue weighted by Gasteiger charge is -2.10. The van der Waals surface area contributed by atoms with Crippen LogP contribution < -0.4 is 0 Å².